The first-order valence-electron chi connectivity index (χ1n) is 9.21. The number of carbonyl (C=O) groups excluding carboxylic acids is 1. The van der Waals surface area contributed by atoms with E-state index >= 15 is 0 Å². The average Bonchev–Trinajstić information content (AvgIpc) is 2.55. The molecular weight excluding hydrogens is 351 g/mol. The molecule has 0 heterocycles. The fourth-order valence-electron chi connectivity index (χ4n) is 3.36. The van der Waals surface area contributed by atoms with Crippen molar-refractivity contribution in [1.82, 2.24) is 20.4 Å². The van der Waals surface area contributed by atoms with Gasteiger partial charge in [-0.05, 0) is 51.2 Å². The van der Waals surface area contributed by atoms with Gasteiger partial charge in [0.25, 0.3) is 0 Å². The first-order valence-corrected chi connectivity index (χ1v) is 9.21. The predicted octanol–water partition coefficient (Wildman–Crippen LogP) is 1.67. The van der Waals surface area contributed by atoms with Gasteiger partial charge < -0.3 is 20.6 Å². The van der Waals surface area contributed by atoms with E-state index in [9.17, 15) is 14.0 Å². The minimum absolute atomic E-state index is 0.0234. The van der Waals surface area contributed by atoms with Gasteiger partial charge in [0.1, 0.15) is 5.82 Å². The van der Waals surface area contributed by atoms with Crippen LogP contribution in [0.3, 0.4) is 0 Å². The third-order valence-electron chi connectivity index (χ3n) is 4.83. The van der Waals surface area contributed by atoms with Crippen molar-refractivity contribution in [3.8, 4) is 0 Å². The molecule has 1 aromatic carbocycles. The molecule has 2 amide bonds. The van der Waals surface area contributed by atoms with E-state index in [4.69, 9.17) is 5.11 Å². The number of likely N-dealkylation sites (N-methyl/N-ethyl adjacent to an activating group) is 2. The third kappa shape index (κ3) is 6.48. The summed E-state index contributed by atoms with van der Waals surface area (Å²) in [5.74, 6) is -1.15. The van der Waals surface area contributed by atoms with Crippen LogP contribution in [-0.2, 0) is 4.79 Å². The quantitative estimate of drug-likeness (QED) is 0.607. The topological polar surface area (TPSA) is 84.9 Å². The van der Waals surface area contributed by atoms with Crippen LogP contribution >= 0.6 is 0 Å². The summed E-state index contributed by atoms with van der Waals surface area (Å²) in [6.45, 7) is 3.22. The third-order valence-corrected chi connectivity index (χ3v) is 4.83. The number of nitrogens with one attached hydrogen (secondary N) is 2. The van der Waals surface area contributed by atoms with E-state index in [1.54, 1.807) is 12.1 Å². The highest BCUT2D eigenvalue weighted by molar-refractivity contribution is 5.75. The normalized spacial score (nSPS) is 20.2. The molecule has 150 valence electrons. The predicted molar refractivity (Wildman–Crippen MR) is 101 cm³/mol. The SMILES string of the molecule is CCN(CC(=O)O)C1CC(NC(=O)NC(CN(C)C)c2ccc(F)cc2)C1. The van der Waals surface area contributed by atoms with Crippen molar-refractivity contribution < 1.29 is 19.1 Å². The molecule has 7 nitrogen and oxygen atoms in total. The molecule has 2 rings (SSSR count). The summed E-state index contributed by atoms with van der Waals surface area (Å²) in [6, 6.07) is 5.82. The Bertz CT molecular complexity index is 632. The Morgan fingerprint density at radius 3 is 2.41 bits per heavy atom. The molecule has 0 aliphatic heterocycles. The van der Waals surface area contributed by atoms with Gasteiger partial charge in [-0.2, -0.15) is 0 Å². The molecule has 1 aromatic rings. The van der Waals surface area contributed by atoms with E-state index in [1.807, 2.05) is 30.8 Å². The van der Waals surface area contributed by atoms with Gasteiger partial charge in [-0.3, -0.25) is 9.69 Å². The molecular formula is C19H29FN4O3. The lowest BCUT2D eigenvalue weighted by Crippen LogP contribution is -2.56. The summed E-state index contributed by atoms with van der Waals surface area (Å²) < 4.78 is 13.2. The monoisotopic (exact) mass is 380 g/mol. The molecule has 1 saturated carbocycles. The fourth-order valence-corrected chi connectivity index (χ4v) is 3.36. The van der Waals surface area contributed by atoms with Crippen molar-refractivity contribution >= 4 is 12.0 Å². The van der Waals surface area contributed by atoms with E-state index in [2.05, 4.69) is 10.6 Å². The second-order valence-electron chi connectivity index (χ2n) is 7.26. The highest BCUT2D eigenvalue weighted by Crippen LogP contribution is 2.25. The number of urea groups is 1. The zero-order valence-corrected chi connectivity index (χ0v) is 16.1. The number of hydrogen-bond acceptors (Lipinski definition) is 4. The van der Waals surface area contributed by atoms with Gasteiger partial charge in [-0.25, -0.2) is 9.18 Å². The molecule has 1 fully saturated rings. The molecule has 8 heteroatoms. The number of benzene rings is 1. The summed E-state index contributed by atoms with van der Waals surface area (Å²) in [7, 11) is 3.82. The molecule has 1 atom stereocenters. The Kier molecular flexibility index (Phi) is 7.55. The van der Waals surface area contributed by atoms with Crippen molar-refractivity contribution in [1.29, 1.82) is 0 Å². The number of amides is 2. The van der Waals surface area contributed by atoms with Crippen LogP contribution in [0.25, 0.3) is 0 Å². The lowest BCUT2D eigenvalue weighted by Gasteiger charge is -2.42. The van der Waals surface area contributed by atoms with Crippen molar-refractivity contribution in [2.45, 2.75) is 37.9 Å². The van der Waals surface area contributed by atoms with Crippen LogP contribution in [0, 0.1) is 5.82 Å². The second kappa shape index (κ2) is 9.66. The van der Waals surface area contributed by atoms with Gasteiger partial charge in [0.15, 0.2) is 0 Å². The van der Waals surface area contributed by atoms with Gasteiger partial charge in [0, 0.05) is 18.6 Å². The molecule has 0 radical (unpaired) electrons. The van der Waals surface area contributed by atoms with Crippen molar-refractivity contribution in [2.24, 2.45) is 0 Å². The molecule has 1 unspecified atom stereocenters. The maximum Gasteiger partial charge on any atom is 0.317 e. The highest BCUT2D eigenvalue weighted by atomic mass is 19.1. The second-order valence-corrected chi connectivity index (χ2v) is 7.26. The van der Waals surface area contributed by atoms with Crippen LogP contribution < -0.4 is 10.6 Å². The van der Waals surface area contributed by atoms with Crippen LogP contribution in [-0.4, -0.2) is 72.7 Å². The number of carboxylic acid groups (broad SMARTS) is 1. The fraction of sp³-hybridized carbons (Fsp3) is 0.579. The smallest absolute Gasteiger partial charge is 0.317 e. The number of carbonyl (C=O) groups is 2. The summed E-state index contributed by atoms with van der Waals surface area (Å²) in [5.41, 5.74) is 0.838. The Morgan fingerprint density at radius 1 is 1.26 bits per heavy atom. The minimum Gasteiger partial charge on any atom is -0.480 e. The van der Waals surface area contributed by atoms with Gasteiger partial charge in [-0.15, -0.1) is 0 Å². The molecule has 3 N–H and O–H groups in total. The van der Waals surface area contributed by atoms with Crippen LogP contribution in [0.1, 0.15) is 31.4 Å². The van der Waals surface area contributed by atoms with E-state index in [1.165, 1.54) is 12.1 Å². The highest BCUT2D eigenvalue weighted by Gasteiger charge is 2.34. The lowest BCUT2D eigenvalue weighted by atomic mass is 9.85. The zero-order valence-electron chi connectivity index (χ0n) is 16.1. The maximum atomic E-state index is 13.2. The number of halogens is 1. The van der Waals surface area contributed by atoms with E-state index in [0.717, 1.165) is 18.4 Å². The minimum atomic E-state index is -0.836. The standard InChI is InChI=1S/C19H29FN4O3/c1-4-24(12-18(25)26)16-9-15(10-16)21-19(27)22-17(11-23(2)3)13-5-7-14(20)8-6-13/h5-8,15-17H,4,9-12H2,1-3H3,(H,25,26)(H2,21,22,27). The number of hydrogen-bond donors (Lipinski definition) is 3. The Labute approximate surface area is 159 Å². The van der Waals surface area contributed by atoms with Gasteiger partial charge in [0.2, 0.25) is 0 Å². The molecule has 1 aliphatic carbocycles. The lowest BCUT2D eigenvalue weighted by molar-refractivity contribution is -0.139. The van der Waals surface area contributed by atoms with E-state index in [-0.39, 0.29) is 36.5 Å². The number of aliphatic carboxylic acids is 1. The van der Waals surface area contributed by atoms with Crippen molar-refractivity contribution in [3.63, 3.8) is 0 Å². The molecule has 27 heavy (non-hydrogen) atoms. The van der Waals surface area contributed by atoms with E-state index in [0.29, 0.717) is 13.1 Å². The van der Waals surface area contributed by atoms with Crippen LogP contribution in [0.15, 0.2) is 24.3 Å². The average molecular weight is 380 g/mol. The summed E-state index contributed by atoms with van der Waals surface area (Å²) in [6.07, 6.45) is 1.48. The maximum absolute atomic E-state index is 13.2. The summed E-state index contributed by atoms with van der Waals surface area (Å²) in [4.78, 5) is 27.1. The molecule has 0 bridgehead atoms. The molecule has 0 aromatic heterocycles. The summed E-state index contributed by atoms with van der Waals surface area (Å²) >= 11 is 0. The Balaban J connectivity index is 1.86. The van der Waals surface area contributed by atoms with Crippen LogP contribution in [0.4, 0.5) is 9.18 Å². The molecule has 0 spiro atoms. The zero-order chi connectivity index (χ0) is 20.0. The van der Waals surface area contributed by atoms with E-state index < -0.39 is 5.97 Å². The Hall–Kier alpha value is -2.19. The van der Waals surface area contributed by atoms with Crippen LogP contribution in [0.2, 0.25) is 0 Å². The largest absolute Gasteiger partial charge is 0.480 e. The number of nitrogens with zero attached hydrogens (tertiary/aromatic N) is 2. The van der Waals surface area contributed by atoms with Gasteiger partial charge >= 0.3 is 12.0 Å². The number of carboxylic acids is 1. The van der Waals surface area contributed by atoms with Crippen molar-refractivity contribution in [3.05, 3.63) is 35.6 Å². The first kappa shape index (κ1) is 21.1. The Morgan fingerprint density at radius 2 is 1.89 bits per heavy atom. The number of rotatable bonds is 9. The van der Waals surface area contributed by atoms with Gasteiger partial charge in [0.05, 0.1) is 12.6 Å². The van der Waals surface area contributed by atoms with Crippen LogP contribution in [0.5, 0.6) is 0 Å². The van der Waals surface area contributed by atoms with Gasteiger partial charge in [-0.1, -0.05) is 19.1 Å². The molecule has 0 saturated heterocycles. The summed E-state index contributed by atoms with van der Waals surface area (Å²) in [5, 5.41) is 14.8. The van der Waals surface area contributed by atoms with Crippen molar-refractivity contribution in [2.75, 3.05) is 33.7 Å². The molecule has 1 aliphatic rings. The first-order chi connectivity index (χ1) is 12.8.